The zero-order chi connectivity index (χ0) is 13.2. The quantitative estimate of drug-likeness (QED) is 0.909. The van der Waals surface area contributed by atoms with E-state index < -0.39 is 10.0 Å². The Bertz CT molecular complexity index is 561. The molecule has 1 aromatic carbocycles. The molecular weight excluding hydrogens is 246 g/mol. The molecule has 1 aliphatic carbocycles. The molecule has 0 fully saturated rings. The highest BCUT2D eigenvalue weighted by atomic mass is 32.2. The van der Waals surface area contributed by atoms with Gasteiger partial charge in [-0.2, -0.15) is 0 Å². The van der Waals surface area contributed by atoms with Gasteiger partial charge in [-0.15, -0.1) is 0 Å². The van der Waals surface area contributed by atoms with Crippen LogP contribution in [-0.2, 0) is 16.4 Å². The largest absolute Gasteiger partial charge is 0.236 e. The Labute approximate surface area is 109 Å². The molecule has 1 aliphatic rings. The van der Waals surface area contributed by atoms with Crippen molar-refractivity contribution in [2.24, 2.45) is 0 Å². The molecule has 0 saturated carbocycles. The van der Waals surface area contributed by atoms with Crippen molar-refractivity contribution < 1.29 is 8.42 Å². The van der Waals surface area contributed by atoms with Crippen molar-refractivity contribution >= 4 is 16.1 Å². The molecular formula is C14H19NO2S. The molecule has 1 N–H and O–H groups in total. The van der Waals surface area contributed by atoms with Crippen molar-refractivity contribution in [1.82, 2.24) is 4.72 Å². The van der Waals surface area contributed by atoms with E-state index in [1.807, 2.05) is 32.0 Å². The molecule has 98 valence electrons. The molecule has 0 saturated heterocycles. The Morgan fingerprint density at radius 1 is 1.28 bits per heavy atom. The van der Waals surface area contributed by atoms with Gasteiger partial charge >= 0.3 is 0 Å². The van der Waals surface area contributed by atoms with Crippen molar-refractivity contribution in [1.29, 1.82) is 0 Å². The van der Waals surface area contributed by atoms with E-state index >= 15 is 0 Å². The van der Waals surface area contributed by atoms with Crippen LogP contribution in [0.4, 0.5) is 0 Å². The zero-order valence-electron chi connectivity index (χ0n) is 10.8. The number of fused-ring (bicyclic) bond motifs is 1. The average Bonchev–Trinajstić information content (AvgIpc) is 2.37. The number of hydrogen-bond acceptors (Lipinski definition) is 2. The first-order chi connectivity index (χ1) is 8.53. The Balaban J connectivity index is 2.28. The predicted molar refractivity (Wildman–Crippen MR) is 74.5 cm³/mol. The smallest absolute Gasteiger partial charge is 0.209 e. The lowest BCUT2D eigenvalue weighted by atomic mass is 9.98. The van der Waals surface area contributed by atoms with Crippen molar-refractivity contribution in [3.8, 4) is 0 Å². The molecule has 0 spiro atoms. The fourth-order valence-corrected chi connectivity index (χ4v) is 3.54. The van der Waals surface area contributed by atoms with Gasteiger partial charge in [-0.05, 0) is 43.4 Å². The van der Waals surface area contributed by atoms with Gasteiger partial charge in [0, 0.05) is 6.04 Å². The molecule has 3 nitrogen and oxygen atoms in total. The molecule has 1 atom stereocenters. The third-order valence-corrected chi connectivity index (χ3v) is 5.05. The van der Waals surface area contributed by atoms with E-state index in [0.717, 1.165) is 18.4 Å². The fourth-order valence-electron chi connectivity index (χ4n) is 2.04. The first-order valence-corrected chi connectivity index (χ1v) is 7.82. The van der Waals surface area contributed by atoms with Crippen molar-refractivity contribution in [3.63, 3.8) is 0 Å². The first kappa shape index (κ1) is 13.3. The number of allylic oxidation sites excluding steroid dienone is 1. The normalized spacial score (nSPS) is 16.9. The Hall–Kier alpha value is -1.13. The summed E-state index contributed by atoms with van der Waals surface area (Å²) < 4.78 is 27.1. The van der Waals surface area contributed by atoms with Gasteiger partial charge in [0.1, 0.15) is 0 Å². The molecule has 0 bridgehead atoms. The number of sulfonamides is 1. The molecule has 0 amide bonds. The minimum absolute atomic E-state index is 0.0203. The van der Waals surface area contributed by atoms with Crippen molar-refractivity contribution in [2.45, 2.75) is 39.2 Å². The topological polar surface area (TPSA) is 46.2 Å². The van der Waals surface area contributed by atoms with Crippen LogP contribution in [0.2, 0.25) is 0 Å². The summed E-state index contributed by atoms with van der Waals surface area (Å²) >= 11 is 0. The van der Waals surface area contributed by atoms with E-state index in [0.29, 0.717) is 11.3 Å². The van der Waals surface area contributed by atoms with Gasteiger partial charge in [-0.3, -0.25) is 0 Å². The van der Waals surface area contributed by atoms with Gasteiger partial charge in [-0.1, -0.05) is 31.2 Å². The number of rotatable bonds is 4. The lowest BCUT2D eigenvalue weighted by Crippen LogP contribution is -2.33. The molecule has 18 heavy (non-hydrogen) atoms. The third-order valence-electron chi connectivity index (χ3n) is 3.33. The summed E-state index contributed by atoms with van der Waals surface area (Å²) in [5.41, 5.74) is 2.24. The van der Waals surface area contributed by atoms with Crippen LogP contribution in [0.5, 0.6) is 0 Å². The maximum atomic E-state index is 12.2. The van der Waals surface area contributed by atoms with Gasteiger partial charge in [0.05, 0.1) is 4.91 Å². The fraction of sp³-hybridized carbons (Fsp3) is 0.429. The second-order valence-electron chi connectivity index (χ2n) is 4.74. The number of hydrogen-bond donors (Lipinski definition) is 1. The molecule has 4 heteroatoms. The van der Waals surface area contributed by atoms with Crippen molar-refractivity contribution in [2.75, 3.05) is 0 Å². The minimum atomic E-state index is -3.33. The summed E-state index contributed by atoms with van der Waals surface area (Å²) in [7, 11) is -3.33. The van der Waals surface area contributed by atoms with Crippen LogP contribution < -0.4 is 4.72 Å². The maximum Gasteiger partial charge on any atom is 0.236 e. The van der Waals surface area contributed by atoms with Crippen LogP contribution in [0.1, 0.15) is 37.8 Å². The summed E-state index contributed by atoms with van der Waals surface area (Å²) in [4.78, 5) is 0.501. The third kappa shape index (κ3) is 2.82. The lowest BCUT2D eigenvalue weighted by Gasteiger charge is -2.19. The van der Waals surface area contributed by atoms with E-state index in [2.05, 4.69) is 10.8 Å². The summed E-state index contributed by atoms with van der Waals surface area (Å²) in [6.07, 6.45) is 3.97. The van der Waals surface area contributed by atoms with Gasteiger partial charge in [0.15, 0.2) is 0 Å². The van der Waals surface area contributed by atoms with Gasteiger partial charge in [0.25, 0.3) is 0 Å². The summed E-state index contributed by atoms with van der Waals surface area (Å²) in [5, 5.41) is 0. The Morgan fingerprint density at radius 2 is 2.00 bits per heavy atom. The molecule has 2 rings (SSSR count). The number of nitrogens with one attached hydrogen (secondary N) is 1. The van der Waals surface area contributed by atoms with Gasteiger partial charge < -0.3 is 0 Å². The summed E-state index contributed by atoms with van der Waals surface area (Å²) in [5.74, 6) is 0. The molecule has 1 aromatic rings. The van der Waals surface area contributed by atoms with E-state index in [-0.39, 0.29) is 6.04 Å². The molecule has 0 radical (unpaired) electrons. The molecule has 0 aromatic heterocycles. The number of aryl methyl sites for hydroxylation is 1. The van der Waals surface area contributed by atoms with Crippen LogP contribution in [0.15, 0.2) is 29.2 Å². The van der Waals surface area contributed by atoms with Crippen LogP contribution in [0.3, 0.4) is 0 Å². The molecule has 0 unspecified atom stereocenters. The predicted octanol–water partition coefficient (Wildman–Crippen LogP) is 2.69. The highest BCUT2D eigenvalue weighted by Crippen LogP contribution is 2.26. The van der Waals surface area contributed by atoms with Gasteiger partial charge in [-0.25, -0.2) is 13.1 Å². The van der Waals surface area contributed by atoms with Crippen molar-refractivity contribution in [3.05, 3.63) is 40.3 Å². The van der Waals surface area contributed by atoms with E-state index in [1.54, 1.807) is 6.08 Å². The standard InChI is InChI=1S/C14H19NO2S/c1-3-11(2)15-18(16,17)14-9-8-12-6-4-5-7-13(12)10-14/h4-7,10-11,15H,3,8-9H2,1-2H3/t11-/m1/s1. The molecule has 0 aliphatic heterocycles. The van der Waals surface area contributed by atoms with Crippen LogP contribution in [-0.4, -0.2) is 14.5 Å². The summed E-state index contributed by atoms with van der Waals surface area (Å²) in [6, 6.07) is 7.93. The highest BCUT2D eigenvalue weighted by molar-refractivity contribution is 7.93. The Morgan fingerprint density at radius 3 is 2.72 bits per heavy atom. The monoisotopic (exact) mass is 265 g/mol. The SMILES string of the molecule is CC[C@@H](C)NS(=O)(=O)C1=Cc2ccccc2CC1. The highest BCUT2D eigenvalue weighted by Gasteiger charge is 2.22. The lowest BCUT2D eigenvalue weighted by molar-refractivity contribution is 0.560. The Kier molecular flexibility index (Phi) is 3.88. The van der Waals surface area contributed by atoms with Crippen LogP contribution >= 0.6 is 0 Å². The first-order valence-electron chi connectivity index (χ1n) is 6.33. The zero-order valence-corrected chi connectivity index (χ0v) is 11.6. The van der Waals surface area contributed by atoms with Gasteiger partial charge in [0.2, 0.25) is 10.0 Å². The number of benzene rings is 1. The van der Waals surface area contributed by atoms with Crippen LogP contribution in [0.25, 0.3) is 6.08 Å². The van der Waals surface area contributed by atoms with E-state index in [1.165, 1.54) is 5.56 Å². The second-order valence-corrected chi connectivity index (χ2v) is 6.51. The average molecular weight is 265 g/mol. The summed E-state index contributed by atoms with van der Waals surface area (Å²) in [6.45, 7) is 3.85. The maximum absolute atomic E-state index is 12.2. The molecule has 0 heterocycles. The van der Waals surface area contributed by atoms with E-state index in [9.17, 15) is 8.42 Å². The van der Waals surface area contributed by atoms with Crippen LogP contribution in [0, 0.1) is 0 Å². The minimum Gasteiger partial charge on any atom is -0.209 e. The second kappa shape index (κ2) is 5.24. The van der Waals surface area contributed by atoms with E-state index in [4.69, 9.17) is 0 Å².